The molecule has 1 N–H and O–H groups in total. The van der Waals surface area contributed by atoms with Gasteiger partial charge in [-0.1, -0.05) is 23.2 Å². The first kappa shape index (κ1) is 16.3. The summed E-state index contributed by atoms with van der Waals surface area (Å²) in [5, 5.41) is 3.55. The summed E-state index contributed by atoms with van der Waals surface area (Å²) < 4.78 is 18.6. The number of hydrogen-bond acceptors (Lipinski definition) is 3. The fourth-order valence-corrected chi connectivity index (χ4v) is 2.04. The molecule has 22 heavy (non-hydrogen) atoms. The average molecular weight is 339 g/mol. The second-order valence-electron chi connectivity index (χ2n) is 4.23. The normalized spacial score (nSPS) is 10.7. The van der Waals surface area contributed by atoms with Crippen LogP contribution in [0.15, 0.2) is 36.5 Å². The van der Waals surface area contributed by atoms with Crippen molar-refractivity contribution >= 4 is 40.9 Å². The van der Waals surface area contributed by atoms with Gasteiger partial charge in [-0.15, -0.1) is 0 Å². The zero-order chi connectivity index (χ0) is 16.1. The molecule has 0 spiro atoms. The molecule has 0 aliphatic rings. The molecule has 0 amide bonds. The third kappa shape index (κ3) is 4.00. The van der Waals surface area contributed by atoms with Crippen molar-refractivity contribution < 1.29 is 13.9 Å². The molecule has 0 aliphatic carbocycles. The van der Waals surface area contributed by atoms with Crippen LogP contribution >= 0.6 is 23.2 Å². The van der Waals surface area contributed by atoms with Gasteiger partial charge in [-0.25, -0.2) is 9.18 Å². The lowest BCUT2D eigenvalue weighted by Crippen LogP contribution is -2.06. The summed E-state index contributed by atoms with van der Waals surface area (Å²) in [6, 6.07) is 10.6. The number of nitrogens with one attached hydrogen (secondary N) is 1. The van der Waals surface area contributed by atoms with Crippen LogP contribution in [-0.2, 0) is 4.74 Å². The predicted molar refractivity (Wildman–Crippen MR) is 85.7 cm³/mol. The van der Waals surface area contributed by atoms with Crippen molar-refractivity contribution in [1.82, 2.24) is 0 Å². The summed E-state index contributed by atoms with van der Waals surface area (Å²) in [6.07, 6.45) is 2.90. The van der Waals surface area contributed by atoms with Crippen molar-refractivity contribution in [2.45, 2.75) is 0 Å². The fraction of sp³-hybridized carbons (Fsp3) is 0.0625. The Kier molecular flexibility index (Phi) is 5.41. The van der Waals surface area contributed by atoms with Gasteiger partial charge in [0.25, 0.3) is 0 Å². The van der Waals surface area contributed by atoms with Crippen LogP contribution in [0, 0.1) is 11.9 Å². The van der Waals surface area contributed by atoms with Gasteiger partial charge < -0.3 is 10.1 Å². The fourth-order valence-electron chi connectivity index (χ4n) is 1.72. The number of hydrogen-bond donors (Lipinski definition) is 1. The highest BCUT2D eigenvalue weighted by molar-refractivity contribution is 6.31. The SMILES string of the molecule is COC(=O)c1[c]c(Cl)cc(F)c1C=CNc1ccc(Cl)cc1. The van der Waals surface area contributed by atoms with E-state index in [2.05, 4.69) is 16.1 Å². The van der Waals surface area contributed by atoms with Gasteiger partial charge >= 0.3 is 5.97 Å². The van der Waals surface area contributed by atoms with Gasteiger partial charge in [0.15, 0.2) is 0 Å². The third-order valence-electron chi connectivity index (χ3n) is 2.76. The Labute approximate surface area is 137 Å². The number of ether oxygens (including phenoxy) is 1. The van der Waals surface area contributed by atoms with Crippen molar-refractivity contribution in [3.63, 3.8) is 0 Å². The Morgan fingerprint density at radius 1 is 1.32 bits per heavy atom. The Balaban J connectivity index is 2.26. The average Bonchev–Trinajstić information content (AvgIpc) is 2.50. The lowest BCUT2D eigenvalue weighted by molar-refractivity contribution is 0.0599. The zero-order valence-corrected chi connectivity index (χ0v) is 13.0. The summed E-state index contributed by atoms with van der Waals surface area (Å²) in [6.45, 7) is 0. The van der Waals surface area contributed by atoms with E-state index < -0.39 is 11.8 Å². The van der Waals surface area contributed by atoms with Crippen LogP contribution in [0.2, 0.25) is 10.0 Å². The van der Waals surface area contributed by atoms with E-state index in [1.807, 2.05) is 0 Å². The topological polar surface area (TPSA) is 38.3 Å². The number of benzene rings is 2. The number of anilines is 1. The molecule has 113 valence electrons. The summed E-state index contributed by atoms with van der Waals surface area (Å²) in [7, 11) is 1.20. The number of halogens is 3. The van der Waals surface area contributed by atoms with Gasteiger partial charge in [0, 0.05) is 28.5 Å². The molecule has 3 nitrogen and oxygen atoms in total. The van der Waals surface area contributed by atoms with E-state index in [0.717, 1.165) is 11.8 Å². The number of esters is 1. The molecule has 1 radical (unpaired) electrons. The van der Waals surface area contributed by atoms with Crippen molar-refractivity contribution in [3.05, 3.63) is 69.6 Å². The van der Waals surface area contributed by atoms with E-state index in [-0.39, 0.29) is 16.1 Å². The second kappa shape index (κ2) is 7.29. The van der Waals surface area contributed by atoms with Crippen LogP contribution in [-0.4, -0.2) is 13.1 Å². The van der Waals surface area contributed by atoms with Crippen molar-refractivity contribution in [2.24, 2.45) is 0 Å². The van der Waals surface area contributed by atoms with Crippen LogP contribution in [0.3, 0.4) is 0 Å². The minimum absolute atomic E-state index is 0.000658. The molecule has 2 rings (SSSR count). The molecule has 2 aromatic carbocycles. The van der Waals surface area contributed by atoms with Crippen LogP contribution in [0.1, 0.15) is 15.9 Å². The van der Waals surface area contributed by atoms with Crippen LogP contribution in [0.4, 0.5) is 10.1 Å². The van der Waals surface area contributed by atoms with Crippen LogP contribution in [0.5, 0.6) is 0 Å². The van der Waals surface area contributed by atoms with Gasteiger partial charge in [-0.3, -0.25) is 0 Å². The third-order valence-corrected chi connectivity index (χ3v) is 3.21. The minimum Gasteiger partial charge on any atom is -0.465 e. The summed E-state index contributed by atoms with van der Waals surface area (Å²) in [5.41, 5.74) is 0.734. The molecule has 0 unspecified atom stereocenters. The molecule has 0 saturated heterocycles. The molecule has 0 saturated carbocycles. The van der Waals surface area contributed by atoms with Gasteiger partial charge in [0.1, 0.15) is 5.82 Å². The van der Waals surface area contributed by atoms with Crippen molar-refractivity contribution in [2.75, 3.05) is 12.4 Å². The summed E-state index contributed by atoms with van der Waals surface area (Å²) in [5.74, 6) is -1.36. The van der Waals surface area contributed by atoms with E-state index >= 15 is 0 Å². The Bertz CT molecular complexity index is 715. The first-order valence-corrected chi connectivity index (χ1v) is 6.95. The van der Waals surface area contributed by atoms with Crippen molar-refractivity contribution in [1.29, 1.82) is 0 Å². The van der Waals surface area contributed by atoms with E-state index in [1.54, 1.807) is 24.3 Å². The Morgan fingerprint density at radius 3 is 2.64 bits per heavy atom. The second-order valence-corrected chi connectivity index (χ2v) is 5.07. The van der Waals surface area contributed by atoms with Gasteiger partial charge in [0.05, 0.1) is 17.7 Å². The highest BCUT2D eigenvalue weighted by atomic mass is 35.5. The summed E-state index contributed by atoms with van der Waals surface area (Å²) in [4.78, 5) is 11.7. The maximum absolute atomic E-state index is 14.0. The monoisotopic (exact) mass is 338 g/mol. The molecule has 2 aromatic rings. The highest BCUT2D eigenvalue weighted by Gasteiger charge is 2.16. The van der Waals surface area contributed by atoms with E-state index in [1.165, 1.54) is 19.4 Å². The molecule has 0 aromatic heterocycles. The lowest BCUT2D eigenvalue weighted by atomic mass is 10.1. The van der Waals surface area contributed by atoms with Crippen molar-refractivity contribution in [3.8, 4) is 0 Å². The molecule has 0 atom stereocenters. The lowest BCUT2D eigenvalue weighted by Gasteiger charge is -2.06. The molecular formula is C16H11Cl2FNO2. The quantitative estimate of drug-likeness (QED) is 0.813. The standard InChI is InChI=1S/C16H11Cl2FNO2/c1-22-16(21)14-8-11(18)9-15(19)13(14)6-7-20-12-4-2-10(17)3-5-12/h2-7,9,20H,1H3. The Hall–Kier alpha value is -2.04. The molecule has 6 heteroatoms. The van der Waals surface area contributed by atoms with Gasteiger partial charge in [0.2, 0.25) is 0 Å². The first-order valence-electron chi connectivity index (χ1n) is 6.19. The molecule has 0 bridgehead atoms. The van der Waals surface area contributed by atoms with Gasteiger partial charge in [-0.2, -0.15) is 0 Å². The molecule has 0 aliphatic heterocycles. The Morgan fingerprint density at radius 2 is 2.00 bits per heavy atom. The highest BCUT2D eigenvalue weighted by Crippen LogP contribution is 2.22. The van der Waals surface area contributed by atoms with E-state index in [9.17, 15) is 9.18 Å². The van der Waals surface area contributed by atoms with Crippen LogP contribution < -0.4 is 5.32 Å². The van der Waals surface area contributed by atoms with E-state index in [4.69, 9.17) is 23.2 Å². The number of methoxy groups -OCH3 is 1. The maximum Gasteiger partial charge on any atom is 0.339 e. The maximum atomic E-state index is 14.0. The molecule has 0 fully saturated rings. The molecule has 0 heterocycles. The number of carbonyl (C=O) groups is 1. The number of carbonyl (C=O) groups excluding carboxylic acids is 1. The summed E-state index contributed by atoms with van der Waals surface area (Å²) >= 11 is 11.5. The smallest absolute Gasteiger partial charge is 0.339 e. The predicted octanol–water partition coefficient (Wildman–Crippen LogP) is 4.80. The molecular weight excluding hydrogens is 328 g/mol. The van der Waals surface area contributed by atoms with Gasteiger partial charge in [-0.05, 0) is 36.4 Å². The minimum atomic E-state index is -0.715. The number of rotatable bonds is 4. The zero-order valence-electron chi connectivity index (χ0n) is 11.5. The van der Waals surface area contributed by atoms with E-state index in [0.29, 0.717) is 5.02 Å². The van der Waals surface area contributed by atoms with Crippen LogP contribution in [0.25, 0.3) is 6.08 Å². The first-order chi connectivity index (χ1) is 10.5. The largest absolute Gasteiger partial charge is 0.465 e.